The van der Waals surface area contributed by atoms with Crippen LogP contribution >= 0.6 is 11.6 Å². The zero-order chi connectivity index (χ0) is 16.7. The molecule has 5 heteroatoms. The highest BCUT2D eigenvalue weighted by molar-refractivity contribution is 6.30. The summed E-state index contributed by atoms with van der Waals surface area (Å²) in [5.41, 5.74) is 6.31. The number of likely N-dealkylation sites (N-methyl/N-ethyl adjacent to an activating group) is 1. The number of aliphatic hydroxyl groups is 1. The minimum atomic E-state index is -0.509. The van der Waals surface area contributed by atoms with E-state index < -0.39 is 6.10 Å². The van der Waals surface area contributed by atoms with Crippen LogP contribution in [0.1, 0.15) is 24.8 Å². The highest BCUT2D eigenvalue weighted by Gasteiger charge is 2.12. The number of halogens is 1. The zero-order valence-electron chi connectivity index (χ0n) is 13.8. The highest BCUT2D eigenvalue weighted by Crippen LogP contribution is 2.25. The lowest BCUT2D eigenvalue weighted by Crippen LogP contribution is -2.32. The summed E-state index contributed by atoms with van der Waals surface area (Å²) in [7, 11) is 3.85. The number of nitrogens with zero attached hydrogens (tertiary/aromatic N) is 1. The van der Waals surface area contributed by atoms with Crippen molar-refractivity contribution in [1.82, 2.24) is 10.4 Å². The van der Waals surface area contributed by atoms with Crippen LogP contribution < -0.4 is 5.48 Å². The zero-order valence-corrected chi connectivity index (χ0v) is 14.5. The van der Waals surface area contributed by atoms with Crippen LogP contribution in [0.3, 0.4) is 0 Å². The van der Waals surface area contributed by atoms with E-state index >= 15 is 0 Å². The molecule has 1 atom stereocenters. The van der Waals surface area contributed by atoms with E-state index in [9.17, 15) is 5.11 Å². The number of nitrogens with one attached hydrogen (secondary N) is 1. The molecule has 23 heavy (non-hydrogen) atoms. The molecule has 1 aromatic carbocycles. The van der Waals surface area contributed by atoms with E-state index in [1.165, 1.54) is 5.57 Å². The Labute approximate surface area is 143 Å². The van der Waals surface area contributed by atoms with E-state index in [-0.39, 0.29) is 6.61 Å². The minimum Gasteiger partial charge on any atom is -0.389 e. The fourth-order valence-electron chi connectivity index (χ4n) is 2.51. The number of benzene rings is 1. The van der Waals surface area contributed by atoms with Crippen LogP contribution in [0.2, 0.25) is 5.02 Å². The summed E-state index contributed by atoms with van der Waals surface area (Å²) in [5.74, 6) is 0. The fraction of sp³-hybridized carbons (Fsp3) is 0.444. The largest absolute Gasteiger partial charge is 0.389 e. The molecule has 2 rings (SSSR count). The summed E-state index contributed by atoms with van der Waals surface area (Å²) in [6, 6.07) is 7.79. The van der Waals surface area contributed by atoms with Gasteiger partial charge in [-0.05, 0) is 62.7 Å². The topological polar surface area (TPSA) is 44.7 Å². The van der Waals surface area contributed by atoms with Gasteiger partial charge in [-0.1, -0.05) is 29.8 Å². The standard InChI is InChI=1S/C18H25ClN2O2/c1-21(2)12-17(22)13-23-20-18-6-4-3-5-15(18)11-14-7-9-16(19)10-8-14/h6-11,17,20,22H,3-5,12-13H2,1-2H3/t17-/m1/s1. The Morgan fingerprint density at radius 3 is 2.78 bits per heavy atom. The third kappa shape index (κ3) is 6.36. The van der Waals surface area contributed by atoms with Crippen molar-refractivity contribution < 1.29 is 9.94 Å². The molecule has 0 spiro atoms. The Kier molecular flexibility index (Phi) is 7.12. The van der Waals surface area contributed by atoms with Crippen molar-refractivity contribution >= 4 is 17.7 Å². The molecule has 0 saturated heterocycles. The molecule has 0 bridgehead atoms. The second-order valence-electron chi connectivity index (χ2n) is 6.06. The fourth-order valence-corrected chi connectivity index (χ4v) is 2.64. The van der Waals surface area contributed by atoms with Crippen LogP contribution in [0, 0.1) is 0 Å². The van der Waals surface area contributed by atoms with Gasteiger partial charge in [-0.2, -0.15) is 0 Å². The van der Waals surface area contributed by atoms with Gasteiger partial charge in [-0.3, -0.25) is 10.3 Å². The summed E-state index contributed by atoms with van der Waals surface area (Å²) in [4.78, 5) is 7.40. The molecular formula is C18H25ClN2O2. The normalized spacial score (nSPS) is 18.1. The third-order valence-electron chi connectivity index (χ3n) is 3.59. The molecule has 0 aliphatic heterocycles. The van der Waals surface area contributed by atoms with Crippen molar-refractivity contribution in [1.29, 1.82) is 0 Å². The Morgan fingerprint density at radius 2 is 2.09 bits per heavy atom. The van der Waals surface area contributed by atoms with Crippen molar-refractivity contribution in [2.75, 3.05) is 27.2 Å². The number of aliphatic hydroxyl groups excluding tert-OH is 1. The van der Waals surface area contributed by atoms with Crippen molar-refractivity contribution in [3.8, 4) is 0 Å². The van der Waals surface area contributed by atoms with E-state index in [4.69, 9.17) is 16.4 Å². The van der Waals surface area contributed by atoms with Gasteiger partial charge in [0.2, 0.25) is 0 Å². The Balaban J connectivity index is 1.93. The highest BCUT2D eigenvalue weighted by atomic mass is 35.5. The number of hydroxylamine groups is 1. The predicted octanol–water partition coefficient (Wildman–Crippen LogP) is 3.23. The molecule has 1 aliphatic rings. The van der Waals surface area contributed by atoms with E-state index in [1.54, 1.807) is 0 Å². The van der Waals surface area contributed by atoms with Gasteiger partial charge < -0.3 is 10.0 Å². The molecule has 1 aliphatic carbocycles. The molecule has 0 radical (unpaired) electrons. The predicted molar refractivity (Wildman–Crippen MR) is 95.0 cm³/mol. The Hall–Kier alpha value is -1.33. The SMILES string of the molecule is CN(C)C[C@@H](O)CONC1=CCCCC1=Cc1ccc(Cl)cc1. The van der Waals surface area contributed by atoms with Gasteiger partial charge in [-0.25, -0.2) is 0 Å². The van der Waals surface area contributed by atoms with Crippen LogP contribution in [0.15, 0.2) is 41.6 Å². The molecular weight excluding hydrogens is 312 g/mol. The number of rotatable bonds is 7. The van der Waals surface area contributed by atoms with Gasteiger partial charge >= 0.3 is 0 Å². The molecule has 2 N–H and O–H groups in total. The second kappa shape index (κ2) is 9.08. The number of hydrogen-bond donors (Lipinski definition) is 2. The van der Waals surface area contributed by atoms with Gasteiger partial charge in [0.1, 0.15) is 6.61 Å². The average molecular weight is 337 g/mol. The lowest BCUT2D eigenvalue weighted by atomic mass is 9.97. The first-order chi connectivity index (χ1) is 11.0. The molecule has 0 saturated carbocycles. The summed E-state index contributed by atoms with van der Waals surface area (Å²) < 4.78 is 0. The van der Waals surface area contributed by atoms with Crippen LogP contribution in [-0.2, 0) is 4.84 Å². The molecule has 1 aromatic rings. The quantitative estimate of drug-likeness (QED) is 0.750. The molecule has 4 nitrogen and oxygen atoms in total. The first-order valence-corrected chi connectivity index (χ1v) is 8.29. The van der Waals surface area contributed by atoms with Gasteiger partial charge in [-0.15, -0.1) is 0 Å². The Bertz CT molecular complexity index is 553. The van der Waals surface area contributed by atoms with Crippen molar-refractivity contribution in [3.63, 3.8) is 0 Å². The van der Waals surface area contributed by atoms with Crippen LogP contribution in [0.4, 0.5) is 0 Å². The lowest BCUT2D eigenvalue weighted by molar-refractivity contribution is -0.0133. The smallest absolute Gasteiger partial charge is 0.102 e. The lowest BCUT2D eigenvalue weighted by Gasteiger charge is -2.20. The second-order valence-corrected chi connectivity index (χ2v) is 6.50. The summed E-state index contributed by atoms with van der Waals surface area (Å²) >= 11 is 5.93. The van der Waals surface area contributed by atoms with Crippen LogP contribution in [-0.4, -0.2) is 43.4 Å². The maximum Gasteiger partial charge on any atom is 0.102 e. The molecule has 0 unspecified atom stereocenters. The summed E-state index contributed by atoms with van der Waals surface area (Å²) in [6.45, 7) is 0.831. The Morgan fingerprint density at radius 1 is 1.35 bits per heavy atom. The average Bonchev–Trinajstić information content (AvgIpc) is 2.50. The maximum absolute atomic E-state index is 9.82. The monoisotopic (exact) mass is 336 g/mol. The summed E-state index contributed by atoms with van der Waals surface area (Å²) in [5, 5.41) is 10.6. The van der Waals surface area contributed by atoms with Gasteiger partial charge in [0.15, 0.2) is 0 Å². The van der Waals surface area contributed by atoms with Crippen molar-refractivity contribution in [2.24, 2.45) is 0 Å². The minimum absolute atomic E-state index is 0.254. The molecule has 126 valence electrons. The van der Waals surface area contributed by atoms with E-state index in [0.29, 0.717) is 6.54 Å². The molecule has 0 heterocycles. The van der Waals surface area contributed by atoms with Crippen LogP contribution in [0.25, 0.3) is 6.08 Å². The first kappa shape index (κ1) is 18.0. The molecule has 0 aromatic heterocycles. The van der Waals surface area contributed by atoms with E-state index in [2.05, 4.69) is 17.6 Å². The van der Waals surface area contributed by atoms with E-state index in [1.807, 2.05) is 43.3 Å². The third-order valence-corrected chi connectivity index (χ3v) is 3.84. The molecule has 0 amide bonds. The molecule has 0 fully saturated rings. The van der Waals surface area contributed by atoms with Gasteiger partial charge in [0.05, 0.1) is 11.8 Å². The summed E-state index contributed by atoms with van der Waals surface area (Å²) in [6.07, 6.45) is 6.95. The van der Waals surface area contributed by atoms with Gasteiger partial charge in [0, 0.05) is 11.6 Å². The van der Waals surface area contributed by atoms with Crippen molar-refractivity contribution in [2.45, 2.75) is 25.4 Å². The number of allylic oxidation sites excluding steroid dienone is 2. The van der Waals surface area contributed by atoms with Crippen molar-refractivity contribution in [3.05, 3.63) is 52.2 Å². The number of hydrogen-bond acceptors (Lipinski definition) is 4. The maximum atomic E-state index is 9.82. The van der Waals surface area contributed by atoms with Gasteiger partial charge in [0.25, 0.3) is 0 Å². The van der Waals surface area contributed by atoms with E-state index in [0.717, 1.165) is 35.5 Å². The van der Waals surface area contributed by atoms with Crippen LogP contribution in [0.5, 0.6) is 0 Å². The first-order valence-electron chi connectivity index (χ1n) is 7.92.